The topological polar surface area (TPSA) is 53.2 Å². The van der Waals surface area contributed by atoms with E-state index in [4.69, 9.17) is 0 Å². The van der Waals surface area contributed by atoms with Gasteiger partial charge in [-0.1, -0.05) is 19.3 Å². The molecule has 0 bridgehead atoms. The minimum Gasteiger partial charge on any atom is -0.356 e. The summed E-state index contributed by atoms with van der Waals surface area (Å²) in [7, 11) is 0. The quantitative estimate of drug-likeness (QED) is 0.818. The molecule has 1 N–H and O–H groups in total. The summed E-state index contributed by atoms with van der Waals surface area (Å²) in [5, 5.41) is 0. The van der Waals surface area contributed by atoms with Crippen LogP contribution in [0.2, 0.25) is 0 Å². The third kappa shape index (κ3) is 3.00. The highest BCUT2D eigenvalue weighted by Gasteiger charge is 2.18. The fourth-order valence-electron chi connectivity index (χ4n) is 2.34. The van der Waals surface area contributed by atoms with E-state index in [2.05, 4.69) is 4.98 Å². The SMILES string of the molecule is CC(=O)c1c[nH]c(C(=O)N2CCCCCCC2)c1. The van der Waals surface area contributed by atoms with Crippen LogP contribution < -0.4 is 0 Å². The van der Waals surface area contributed by atoms with Crippen LogP contribution >= 0.6 is 0 Å². The minimum atomic E-state index is -0.0158. The summed E-state index contributed by atoms with van der Waals surface area (Å²) in [4.78, 5) is 28.3. The van der Waals surface area contributed by atoms with Crippen molar-refractivity contribution in [3.63, 3.8) is 0 Å². The highest BCUT2D eigenvalue weighted by Crippen LogP contribution is 2.14. The van der Waals surface area contributed by atoms with E-state index >= 15 is 0 Å². The molecule has 0 atom stereocenters. The number of nitrogens with one attached hydrogen (secondary N) is 1. The molecule has 98 valence electrons. The third-order valence-corrected chi connectivity index (χ3v) is 3.46. The van der Waals surface area contributed by atoms with Crippen molar-refractivity contribution >= 4 is 11.7 Å². The summed E-state index contributed by atoms with van der Waals surface area (Å²) in [6.45, 7) is 3.16. The molecule has 1 saturated heterocycles. The third-order valence-electron chi connectivity index (χ3n) is 3.46. The number of rotatable bonds is 2. The minimum absolute atomic E-state index is 0.0158. The number of ketones is 1. The summed E-state index contributed by atoms with van der Waals surface area (Å²) < 4.78 is 0. The summed E-state index contributed by atoms with van der Waals surface area (Å²) in [5.41, 5.74) is 1.10. The van der Waals surface area contributed by atoms with E-state index in [9.17, 15) is 9.59 Å². The van der Waals surface area contributed by atoms with E-state index in [-0.39, 0.29) is 11.7 Å². The molecule has 1 aliphatic heterocycles. The number of H-pyrrole nitrogens is 1. The Morgan fingerprint density at radius 1 is 1.11 bits per heavy atom. The van der Waals surface area contributed by atoms with E-state index in [1.807, 2.05) is 4.90 Å². The fourth-order valence-corrected chi connectivity index (χ4v) is 2.34. The molecule has 1 aromatic rings. The second-order valence-electron chi connectivity index (χ2n) is 4.92. The first-order chi connectivity index (χ1) is 8.68. The van der Waals surface area contributed by atoms with Crippen molar-refractivity contribution in [2.75, 3.05) is 13.1 Å². The average molecular weight is 248 g/mol. The molecule has 2 rings (SSSR count). The largest absolute Gasteiger partial charge is 0.356 e. The lowest BCUT2D eigenvalue weighted by molar-refractivity contribution is 0.0737. The Bertz CT molecular complexity index is 429. The number of nitrogens with zero attached hydrogens (tertiary/aromatic N) is 1. The number of aromatic nitrogens is 1. The van der Waals surface area contributed by atoms with Gasteiger partial charge in [-0.05, 0) is 25.8 Å². The van der Waals surface area contributed by atoms with Crippen LogP contribution in [0, 0.1) is 0 Å². The zero-order valence-electron chi connectivity index (χ0n) is 10.9. The maximum atomic E-state index is 12.3. The van der Waals surface area contributed by atoms with Gasteiger partial charge >= 0.3 is 0 Å². The van der Waals surface area contributed by atoms with Gasteiger partial charge < -0.3 is 9.88 Å². The van der Waals surface area contributed by atoms with Crippen LogP contribution in [0.25, 0.3) is 0 Å². The van der Waals surface area contributed by atoms with Crippen LogP contribution in [-0.4, -0.2) is 34.7 Å². The molecule has 0 aromatic carbocycles. The van der Waals surface area contributed by atoms with E-state index in [0.29, 0.717) is 11.3 Å². The number of carbonyl (C=O) groups excluding carboxylic acids is 2. The number of likely N-dealkylation sites (tertiary alicyclic amines) is 1. The fraction of sp³-hybridized carbons (Fsp3) is 0.571. The van der Waals surface area contributed by atoms with E-state index in [0.717, 1.165) is 25.9 Å². The van der Waals surface area contributed by atoms with Gasteiger partial charge in [-0.2, -0.15) is 0 Å². The highest BCUT2D eigenvalue weighted by molar-refractivity contribution is 5.99. The first kappa shape index (κ1) is 12.9. The maximum Gasteiger partial charge on any atom is 0.270 e. The molecule has 2 heterocycles. The summed E-state index contributed by atoms with van der Waals surface area (Å²) >= 11 is 0. The molecular formula is C14H20N2O2. The van der Waals surface area contributed by atoms with Gasteiger partial charge in [-0.3, -0.25) is 9.59 Å². The summed E-state index contributed by atoms with van der Waals surface area (Å²) in [5.74, 6) is 0.00219. The van der Waals surface area contributed by atoms with Gasteiger partial charge in [0.2, 0.25) is 0 Å². The lowest BCUT2D eigenvalue weighted by Crippen LogP contribution is -2.34. The van der Waals surface area contributed by atoms with E-state index < -0.39 is 0 Å². The van der Waals surface area contributed by atoms with Crippen LogP contribution in [0.5, 0.6) is 0 Å². The van der Waals surface area contributed by atoms with Crippen LogP contribution in [0.3, 0.4) is 0 Å². The second kappa shape index (κ2) is 5.85. The molecule has 1 amide bonds. The van der Waals surface area contributed by atoms with Crippen molar-refractivity contribution < 1.29 is 9.59 Å². The predicted octanol–water partition coefficient (Wildman–Crippen LogP) is 2.62. The van der Waals surface area contributed by atoms with Gasteiger partial charge in [-0.15, -0.1) is 0 Å². The Balaban J connectivity index is 2.05. The standard InChI is InChI=1S/C14H20N2O2/c1-11(17)12-9-13(15-10-12)14(18)16-7-5-3-2-4-6-8-16/h9-10,15H,2-8H2,1H3. The maximum absolute atomic E-state index is 12.3. The van der Waals surface area contributed by atoms with Crippen molar-refractivity contribution in [3.8, 4) is 0 Å². The monoisotopic (exact) mass is 248 g/mol. The Labute approximate surface area is 107 Å². The second-order valence-corrected chi connectivity index (χ2v) is 4.92. The van der Waals surface area contributed by atoms with Gasteiger partial charge in [0, 0.05) is 24.8 Å². The van der Waals surface area contributed by atoms with Crippen LogP contribution in [0.4, 0.5) is 0 Å². The molecular weight excluding hydrogens is 228 g/mol. The predicted molar refractivity (Wildman–Crippen MR) is 69.8 cm³/mol. The van der Waals surface area contributed by atoms with Crippen molar-refractivity contribution in [3.05, 3.63) is 23.5 Å². The Morgan fingerprint density at radius 3 is 2.28 bits per heavy atom. The van der Waals surface area contributed by atoms with Crippen LogP contribution in [0.1, 0.15) is 59.9 Å². The number of amides is 1. The van der Waals surface area contributed by atoms with Crippen molar-refractivity contribution in [2.45, 2.75) is 39.0 Å². The van der Waals surface area contributed by atoms with Crippen LogP contribution in [0.15, 0.2) is 12.3 Å². The molecule has 0 spiro atoms. The molecule has 4 heteroatoms. The molecule has 18 heavy (non-hydrogen) atoms. The van der Waals surface area contributed by atoms with Crippen LogP contribution in [-0.2, 0) is 0 Å². The Morgan fingerprint density at radius 2 is 1.72 bits per heavy atom. The van der Waals surface area contributed by atoms with E-state index in [1.165, 1.54) is 26.2 Å². The van der Waals surface area contributed by atoms with Gasteiger partial charge in [0.1, 0.15) is 5.69 Å². The zero-order chi connectivity index (χ0) is 13.0. The molecule has 0 aliphatic carbocycles. The Kier molecular flexibility index (Phi) is 4.18. The molecule has 4 nitrogen and oxygen atoms in total. The first-order valence-corrected chi connectivity index (χ1v) is 6.67. The van der Waals surface area contributed by atoms with Crippen molar-refractivity contribution in [1.82, 2.24) is 9.88 Å². The van der Waals surface area contributed by atoms with Gasteiger partial charge in [0.25, 0.3) is 5.91 Å². The average Bonchev–Trinajstić information content (AvgIpc) is 2.77. The molecule has 1 aromatic heterocycles. The lowest BCUT2D eigenvalue weighted by Gasteiger charge is -2.24. The number of Topliss-reactive ketones (excluding diaryl/α,β-unsaturated/α-hetero) is 1. The van der Waals surface area contributed by atoms with Crippen molar-refractivity contribution in [2.24, 2.45) is 0 Å². The van der Waals surface area contributed by atoms with Crippen molar-refractivity contribution in [1.29, 1.82) is 0 Å². The molecule has 0 radical (unpaired) electrons. The Hall–Kier alpha value is -1.58. The smallest absolute Gasteiger partial charge is 0.270 e. The first-order valence-electron chi connectivity index (χ1n) is 6.67. The number of hydrogen-bond donors (Lipinski definition) is 1. The lowest BCUT2D eigenvalue weighted by atomic mass is 10.1. The summed E-state index contributed by atoms with van der Waals surface area (Å²) in [6.07, 6.45) is 7.44. The molecule has 1 aliphatic rings. The number of carbonyl (C=O) groups is 2. The number of aromatic amines is 1. The highest BCUT2D eigenvalue weighted by atomic mass is 16.2. The molecule has 0 unspecified atom stereocenters. The molecule has 0 saturated carbocycles. The zero-order valence-corrected chi connectivity index (χ0v) is 10.9. The van der Waals surface area contributed by atoms with Gasteiger partial charge in [0.05, 0.1) is 0 Å². The summed E-state index contributed by atoms with van der Waals surface area (Å²) in [6, 6.07) is 1.66. The van der Waals surface area contributed by atoms with E-state index in [1.54, 1.807) is 12.3 Å². The number of hydrogen-bond acceptors (Lipinski definition) is 2. The van der Waals surface area contributed by atoms with Gasteiger partial charge in [-0.25, -0.2) is 0 Å². The van der Waals surface area contributed by atoms with Gasteiger partial charge in [0.15, 0.2) is 5.78 Å². The normalized spacial score (nSPS) is 17.1. The molecule has 1 fully saturated rings.